The molecule has 0 aliphatic rings. The number of anilines is 1. The summed E-state index contributed by atoms with van der Waals surface area (Å²) in [6.45, 7) is 0. The van der Waals surface area contributed by atoms with Gasteiger partial charge in [0.15, 0.2) is 11.0 Å². The van der Waals surface area contributed by atoms with E-state index in [4.69, 9.17) is 46.4 Å². The van der Waals surface area contributed by atoms with Gasteiger partial charge in [-0.2, -0.15) is 0 Å². The van der Waals surface area contributed by atoms with Crippen LogP contribution in [0.5, 0.6) is 0 Å². The summed E-state index contributed by atoms with van der Waals surface area (Å²) in [5.74, 6) is 0.498. The highest BCUT2D eigenvalue weighted by Crippen LogP contribution is 2.31. The topological polar surface area (TPSA) is 59.8 Å². The minimum atomic E-state index is -0.224. The summed E-state index contributed by atoms with van der Waals surface area (Å²) >= 11 is 25.3. The Hall–Kier alpha value is -1.44. The number of nitrogens with zero attached hydrogens (tertiary/aromatic N) is 3. The van der Waals surface area contributed by atoms with Gasteiger partial charge < -0.3 is 9.88 Å². The minimum absolute atomic E-state index is 0.138. The number of amides is 1. The second-order valence-electron chi connectivity index (χ2n) is 5.45. The molecule has 0 unspecified atom stereocenters. The zero-order chi connectivity index (χ0) is 19.6. The van der Waals surface area contributed by atoms with Crippen LogP contribution >= 0.6 is 58.2 Å². The van der Waals surface area contributed by atoms with Crippen molar-refractivity contribution in [1.29, 1.82) is 0 Å². The van der Waals surface area contributed by atoms with Crippen LogP contribution in [0.15, 0.2) is 41.6 Å². The molecule has 10 heteroatoms. The van der Waals surface area contributed by atoms with Crippen molar-refractivity contribution in [3.05, 3.63) is 56.5 Å². The fraction of sp³-hybridized carbons (Fsp3) is 0.118. The highest BCUT2D eigenvalue weighted by atomic mass is 35.5. The summed E-state index contributed by atoms with van der Waals surface area (Å²) in [5, 5.41) is 13.5. The van der Waals surface area contributed by atoms with E-state index < -0.39 is 0 Å². The van der Waals surface area contributed by atoms with Crippen LogP contribution in [0, 0.1) is 0 Å². The first kappa shape index (κ1) is 20.3. The van der Waals surface area contributed by atoms with Gasteiger partial charge >= 0.3 is 0 Å². The lowest BCUT2D eigenvalue weighted by atomic mass is 10.2. The maximum absolute atomic E-state index is 12.2. The maximum Gasteiger partial charge on any atom is 0.234 e. The van der Waals surface area contributed by atoms with Crippen molar-refractivity contribution in [3.63, 3.8) is 0 Å². The molecule has 1 N–H and O–H groups in total. The predicted molar refractivity (Wildman–Crippen MR) is 112 cm³/mol. The number of carbonyl (C=O) groups is 1. The molecule has 1 heterocycles. The number of hydrogen-bond donors (Lipinski definition) is 1. The van der Waals surface area contributed by atoms with Crippen molar-refractivity contribution in [3.8, 4) is 11.4 Å². The van der Waals surface area contributed by atoms with Crippen LogP contribution in [0.3, 0.4) is 0 Å². The Bertz CT molecular complexity index is 1010. The molecular weight excluding hydrogens is 450 g/mol. The summed E-state index contributed by atoms with van der Waals surface area (Å²) in [6.07, 6.45) is 0. The second kappa shape index (κ2) is 8.71. The molecule has 0 radical (unpaired) electrons. The van der Waals surface area contributed by atoms with Gasteiger partial charge in [0.25, 0.3) is 0 Å². The number of halogens is 4. The van der Waals surface area contributed by atoms with E-state index in [0.29, 0.717) is 42.3 Å². The Kier molecular flexibility index (Phi) is 6.55. The number of aromatic nitrogens is 3. The number of thioether (sulfide) groups is 1. The highest BCUT2D eigenvalue weighted by molar-refractivity contribution is 7.99. The van der Waals surface area contributed by atoms with Crippen LogP contribution in [-0.2, 0) is 11.8 Å². The van der Waals surface area contributed by atoms with Crippen LogP contribution in [-0.4, -0.2) is 26.4 Å². The third kappa shape index (κ3) is 4.89. The lowest BCUT2D eigenvalue weighted by molar-refractivity contribution is -0.113. The van der Waals surface area contributed by atoms with Gasteiger partial charge in [-0.05, 0) is 36.4 Å². The fourth-order valence-electron chi connectivity index (χ4n) is 2.25. The van der Waals surface area contributed by atoms with Gasteiger partial charge in [-0.15, -0.1) is 10.2 Å². The van der Waals surface area contributed by atoms with E-state index in [1.807, 2.05) is 0 Å². The first-order valence-electron chi connectivity index (χ1n) is 7.57. The van der Waals surface area contributed by atoms with Crippen molar-refractivity contribution in [2.24, 2.45) is 7.05 Å². The molecule has 0 bridgehead atoms. The van der Waals surface area contributed by atoms with Crippen LogP contribution in [0.25, 0.3) is 11.4 Å². The summed E-state index contributed by atoms with van der Waals surface area (Å²) in [6, 6.07) is 10.0. The number of carbonyl (C=O) groups excluding carboxylic acids is 1. The zero-order valence-corrected chi connectivity index (χ0v) is 17.7. The number of hydrogen-bond acceptors (Lipinski definition) is 4. The maximum atomic E-state index is 12.2. The van der Waals surface area contributed by atoms with Gasteiger partial charge in [-0.1, -0.05) is 58.2 Å². The smallest absolute Gasteiger partial charge is 0.234 e. The van der Waals surface area contributed by atoms with E-state index in [-0.39, 0.29) is 11.7 Å². The average Bonchev–Trinajstić information content (AvgIpc) is 2.96. The lowest BCUT2D eigenvalue weighted by Crippen LogP contribution is -2.14. The minimum Gasteiger partial charge on any atom is -0.324 e. The normalized spacial score (nSPS) is 10.9. The molecule has 0 saturated carbocycles. The SMILES string of the molecule is Cn1c(SCC(=O)Nc2ccc(Cl)cc2Cl)nnc1-c1ccc(Cl)cc1Cl. The van der Waals surface area contributed by atoms with Crippen molar-refractivity contribution in [2.45, 2.75) is 5.16 Å². The Morgan fingerprint density at radius 1 is 1.04 bits per heavy atom. The second-order valence-corrected chi connectivity index (χ2v) is 8.08. The van der Waals surface area contributed by atoms with Gasteiger partial charge in [0.05, 0.1) is 21.5 Å². The number of benzene rings is 2. The van der Waals surface area contributed by atoms with E-state index in [2.05, 4.69) is 15.5 Å². The monoisotopic (exact) mass is 460 g/mol. The molecule has 0 spiro atoms. The van der Waals surface area contributed by atoms with Crippen molar-refractivity contribution < 1.29 is 4.79 Å². The van der Waals surface area contributed by atoms with Crippen LogP contribution in [0.2, 0.25) is 20.1 Å². The lowest BCUT2D eigenvalue weighted by Gasteiger charge is -2.08. The van der Waals surface area contributed by atoms with E-state index in [1.54, 1.807) is 48.0 Å². The van der Waals surface area contributed by atoms with E-state index >= 15 is 0 Å². The van der Waals surface area contributed by atoms with Gasteiger partial charge in [0.1, 0.15) is 0 Å². The van der Waals surface area contributed by atoms with Crippen molar-refractivity contribution in [1.82, 2.24) is 14.8 Å². The van der Waals surface area contributed by atoms with Crippen LogP contribution < -0.4 is 5.32 Å². The first-order valence-corrected chi connectivity index (χ1v) is 10.1. The Labute approximate surface area is 180 Å². The quantitative estimate of drug-likeness (QED) is 0.485. The molecule has 0 aliphatic carbocycles. The zero-order valence-electron chi connectivity index (χ0n) is 13.8. The third-order valence-electron chi connectivity index (χ3n) is 3.54. The van der Waals surface area contributed by atoms with Gasteiger partial charge in [-0.3, -0.25) is 4.79 Å². The first-order chi connectivity index (χ1) is 12.8. The van der Waals surface area contributed by atoms with Crippen LogP contribution in [0.1, 0.15) is 0 Å². The van der Waals surface area contributed by atoms with E-state index in [0.717, 1.165) is 0 Å². The molecule has 1 amide bonds. The average molecular weight is 462 g/mol. The summed E-state index contributed by atoms with van der Waals surface area (Å²) < 4.78 is 1.77. The molecule has 3 rings (SSSR count). The third-order valence-corrected chi connectivity index (χ3v) is 5.66. The molecule has 140 valence electrons. The van der Waals surface area contributed by atoms with Crippen molar-refractivity contribution >= 4 is 69.8 Å². The Balaban J connectivity index is 1.68. The van der Waals surface area contributed by atoms with E-state index in [9.17, 15) is 4.79 Å². The molecule has 0 aliphatic heterocycles. The molecule has 3 aromatic rings. The summed E-state index contributed by atoms with van der Waals surface area (Å²) in [7, 11) is 1.80. The molecule has 0 atom stereocenters. The van der Waals surface area contributed by atoms with Gasteiger partial charge in [0, 0.05) is 22.7 Å². The number of rotatable bonds is 5. The largest absolute Gasteiger partial charge is 0.324 e. The number of nitrogens with one attached hydrogen (secondary N) is 1. The molecule has 27 heavy (non-hydrogen) atoms. The standard InChI is InChI=1S/C17H12Cl4N4OS/c1-25-16(11-4-2-9(18)6-12(11)20)23-24-17(25)27-8-15(26)22-14-5-3-10(19)7-13(14)21/h2-7H,8H2,1H3,(H,22,26). The highest BCUT2D eigenvalue weighted by Gasteiger charge is 2.16. The Morgan fingerprint density at radius 2 is 1.70 bits per heavy atom. The molecular formula is C17H12Cl4N4OS. The summed E-state index contributed by atoms with van der Waals surface area (Å²) in [5.41, 5.74) is 1.21. The van der Waals surface area contributed by atoms with Crippen molar-refractivity contribution in [2.75, 3.05) is 11.1 Å². The van der Waals surface area contributed by atoms with E-state index in [1.165, 1.54) is 11.8 Å². The fourth-order valence-corrected chi connectivity index (χ4v) is 3.91. The summed E-state index contributed by atoms with van der Waals surface area (Å²) in [4.78, 5) is 12.2. The molecule has 0 fully saturated rings. The van der Waals surface area contributed by atoms with Gasteiger partial charge in [-0.25, -0.2) is 0 Å². The van der Waals surface area contributed by atoms with Crippen LogP contribution in [0.4, 0.5) is 5.69 Å². The molecule has 2 aromatic carbocycles. The Morgan fingerprint density at radius 3 is 2.37 bits per heavy atom. The molecule has 0 saturated heterocycles. The predicted octanol–water partition coefficient (Wildman–Crippen LogP) is 5.83. The molecule has 5 nitrogen and oxygen atoms in total. The molecule has 1 aromatic heterocycles. The van der Waals surface area contributed by atoms with Gasteiger partial charge in [0.2, 0.25) is 5.91 Å².